The van der Waals surface area contributed by atoms with Gasteiger partial charge in [0, 0.05) is 5.56 Å². The molecule has 3 heteroatoms. The molecule has 114 valence electrons. The van der Waals surface area contributed by atoms with Crippen LogP contribution in [0.5, 0.6) is 0 Å². The van der Waals surface area contributed by atoms with Gasteiger partial charge in [-0.1, -0.05) is 37.3 Å². The molecule has 0 heterocycles. The maximum atomic E-state index is 13.8. The van der Waals surface area contributed by atoms with E-state index in [-0.39, 0.29) is 11.1 Å². The fourth-order valence-corrected chi connectivity index (χ4v) is 2.76. The van der Waals surface area contributed by atoms with Crippen LogP contribution >= 0.6 is 0 Å². The largest absolute Gasteiger partial charge is 0.207 e. The molecule has 0 N–H and O–H groups in total. The topological polar surface area (TPSA) is 23.8 Å². The zero-order chi connectivity index (χ0) is 15.9. The summed E-state index contributed by atoms with van der Waals surface area (Å²) >= 11 is 0. The Bertz CT molecular complexity index is 636. The smallest absolute Gasteiger partial charge is 0.130 e. The predicted molar refractivity (Wildman–Crippen MR) is 83.5 cm³/mol. The Morgan fingerprint density at radius 2 is 1.73 bits per heavy atom. The maximum Gasteiger partial charge on any atom is 0.130 e. The van der Waals surface area contributed by atoms with Crippen molar-refractivity contribution in [3.8, 4) is 6.07 Å². The van der Waals surface area contributed by atoms with E-state index in [1.807, 2.05) is 18.2 Å². The van der Waals surface area contributed by atoms with Gasteiger partial charge in [0.05, 0.1) is 11.6 Å². The molecule has 0 aliphatic carbocycles. The van der Waals surface area contributed by atoms with Crippen LogP contribution in [-0.4, -0.2) is 0 Å². The number of halogens is 2. The summed E-state index contributed by atoms with van der Waals surface area (Å²) in [4.78, 5) is 0. The van der Waals surface area contributed by atoms with Crippen molar-refractivity contribution in [3.63, 3.8) is 0 Å². The van der Waals surface area contributed by atoms with E-state index in [1.54, 1.807) is 6.07 Å². The van der Waals surface area contributed by atoms with E-state index in [2.05, 4.69) is 19.1 Å². The van der Waals surface area contributed by atoms with E-state index in [0.29, 0.717) is 18.8 Å². The molecule has 0 amide bonds. The third-order valence-electron chi connectivity index (χ3n) is 4.01. The van der Waals surface area contributed by atoms with Crippen LogP contribution in [0.4, 0.5) is 8.78 Å². The van der Waals surface area contributed by atoms with Gasteiger partial charge in [0.25, 0.3) is 0 Å². The van der Waals surface area contributed by atoms with Crippen molar-refractivity contribution in [1.29, 1.82) is 5.26 Å². The van der Waals surface area contributed by atoms with Crippen molar-refractivity contribution in [2.75, 3.05) is 0 Å². The monoisotopic (exact) mass is 299 g/mol. The molecule has 2 aromatic rings. The van der Waals surface area contributed by atoms with Crippen LogP contribution in [-0.2, 0) is 6.42 Å². The maximum absolute atomic E-state index is 13.8. The number of nitriles is 1. The van der Waals surface area contributed by atoms with Crippen molar-refractivity contribution in [2.45, 2.75) is 38.5 Å². The molecule has 0 spiro atoms. The summed E-state index contributed by atoms with van der Waals surface area (Å²) in [6.45, 7) is 2.13. The predicted octanol–water partition coefficient (Wildman–Crippen LogP) is 5.35. The van der Waals surface area contributed by atoms with E-state index in [1.165, 1.54) is 5.56 Å². The van der Waals surface area contributed by atoms with Crippen molar-refractivity contribution in [1.82, 2.24) is 0 Å². The first-order chi connectivity index (χ1) is 10.7. The number of nitrogens with zero attached hydrogens (tertiary/aromatic N) is 1. The minimum absolute atomic E-state index is 0.0227. The van der Waals surface area contributed by atoms with E-state index in [0.717, 1.165) is 25.0 Å². The van der Waals surface area contributed by atoms with Gasteiger partial charge < -0.3 is 0 Å². The highest BCUT2D eigenvalue weighted by atomic mass is 19.1. The first-order valence-corrected chi connectivity index (χ1v) is 7.58. The zero-order valence-electron chi connectivity index (χ0n) is 12.7. The van der Waals surface area contributed by atoms with Crippen molar-refractivity contribution in [2.24, 2.45) is 0 Å². The molecule has 0 fully saturated rings. The fourth-order valence-electron chi connectivity index (χ4n) is 2.76. The highest BCUT2D eigenvalue weighted by Gasteiger charge is 2.13. The summed E-state index contributed by atoms with van der Waals surface area (Å²) in [5, 5.41) is 8.70. The van der Waals surface area contributed by atoms with Crippen LogP contribution in [0.15, 0.2) is 42.5 Å². The Morgan fingerprint density at radius 1 is 1.09 bits per heavy atom. The van der Waals surface area contributed by atoms with Crippen molar-refractivity contribution in [3.05, 3.63) is 70.8 Å². The van der Waals surface area contributed by atoms with Gasteiger partial charge in [-0.15, -0.1) is 0 Å². The lowest BCUT2D eigenvalue weighted by Gasteiger charge is -2.15. The van der Waals surface area contributed by atoms with Crippen LogP contribution in [0.25, 0.3) is 0 Å². The van der Waals surface area contributed by atoms with Gasteiger partial charge >= 0.3 is 0 Å². The van der Waals surface area contributed by atoms with Crippen molar-refractivity contribution < 1.29 is 8.78 Å². The molecule has 0 radical (unpaired) electrons. The minimum Gasteiger partial charge on any atom is -0.207 e. The first kappa shape index (κ1) is 16.2. The fraction of sp³-hybridized carbons (Fsp3) is 0.316. The van der Waals surface area contributed by atoms with E-state index in [9.17, 15) is 8.78 Å². The number of hydrogen-bond donors (Lipinski definition) is 0. The minimum atomic E-state index is -0.621. The van der Waals surface area contributed by atoms with Crippen LogP contribution < -0.4 is 0 Å². The molecule has 1 nitrogen and oxygen atoms in total. The van der Waals surface area contributed by atoms with Gasteiger partial charge in [-0.05, 0) is 49.3 Å². The molecular formula is C19H19F2N. The van der Waals surface area contributed by atoms with Gasteiger partial charge in [0.15, 0.2) is 0 Å². The molecule has 0 saturated heterocycles. The summed E-state index contributed by atoms with van der Waals surface area (Å²) in [5.74, 6) is -0.834. The van der Waals surface area contributed by atoms with Gasteiger partial charge in [-0.2, -0.15) is 5.26 Å². The zero-order valence-corrected chi connectivity index (χ0v) is 12.7. The Kier molecular flexibility index (Phi) is 5.66. The van der Waals surface area contributed by atoms with Crippen LogP contribution in [0.1, 0.15) is 48.8 Å². The van der Waals surface area contributed by atoms with Gasteiger partial charge in [-0.25, -0.2) is 8.78 Å². The normalized spacial score (nSPS) is 11.9. The molecule has 0 saturated carbocycles. The lowest BCUT2D eigenvalue weighted by atomic mass is 9.90. The molecular weight excluding hydrogens is 280 g/mol. The molecule has 1 atom stereocenters. The molecule has 0 bridgehead atoms. The Hall–Kier alpha value is -2.21. The summed E-state index contributed by atoms with van der Waals surface area (Å²) in [6, 6.07) is 14.2. The second-order valence-electron chi connectivity index (χ2n) is 5.44. The highest BCUT2D eigenvalue weighted by Crippen LogP contribution is 2.26. The van der Waals surface area contributed by atoms with Gasteiger partial charge in [0.2, 0.25) is 0 Å². The second-order valence-corrected chi connectivity index (χ2v) is 5.44. The molecule has 0 aliphatic heterocycles. The second kappa shape index (κ2) is 7.70. The van der Waals surface area contributed by atoms with E-state index < -0.39 is 11.6 Å². The van der Waals surface area contributed by atoms with Gasteiger partial charge in [0.1, 0.15) is 11.6 Å². The van der Waals surface area contributed by atoms with Crippen molar-refractivity contribution >= 4 is 0 Å². The van der Waals surface area contributed by atoms with E-state index in [4.69, 9.17) is 5.26 Å². The SMILES string of the molecule is CCC(CCCc1c(F)cc(C#N)cc1F)c1ccccc1. The quantitative estimate of drug-likeness (QED) is 0.705. The summed E-state index contributed by atoms with van der Waals surface area (Å²) < 4.78 is 27.7. The lowest BCUT2D eigenvalue weighted by Crippen LogP contribution is -2.01. The number of hydrogen-bond acceptors (Lipinski definition) is 1. The average Bonchev–Trinajstić information content (AvgIpc) is 2.54. The molecule has 0 aromatic heterocycles. The average molecular weight is 299 g/mol. The van der Waals surface area contributed by atoms with Crippen LogP contribution in [0.3, 0.4) is 0 Å². The Morgan fingerprint density at radius 3 is 2.27 bits per heavy atom. The standard InChI is InChI=1S/C19H19F2N/c1-2-15(16-7-4-3-5-8-16)9-6-10-17-18(20)11-14(13-22)12-19(17)21/h3-5,7-8,11-12,15H,2,6,9-10H2,1H3. The summed E-state index contributed by atoms with van der Waals surface area (Å²) in [7, 11) is 0. The lowest BCUT2D eigenvalue weighted by molar-refractivity contribution is 0.527. The van der Waals surface area contributed by atoms with Crippen LogP contribution in [0.2, 0.25) is 0 Å². The molecule has 2 rings (SSSR count). The Balaban J connectivity index is 2.00. The molecule has 2 aromatic carbocycles. The van der Waals surface area contributed by atoms with Crippen LogP contribution in [0, 0.1) is 23.0 Å². The third kappa shape index (κ3) is 3.92. The summed E-state index contributed by atoms with van der Waals surface area (Å²) in [5.41, 5.74) is 1.38. The first-order valence-electron chi connectivity index (χ1n) is 7.58. The summed E-state index contributed by atoms with van der Waals surface area (Å²) in [6.07, 6.45) is 2.96. The molecule has 0 aliphatic rings. The van der Waals surface area contributed by atoms with Gasteiger partial charge in [-0.3, -0.25) is 0 Å². The highest BCUT2D eigenvalue weighted by molar-refractivity contribution is 5.34. The molecule has 1 unspecified atom stereocenters. The van der Waals surface area contributed by atoms with E-state index >= 15 is 0 Å². The molecule has 22 heavy (non-hydrogen) atoms. The number of benzene rings is 2. The Labute approximate surface area is 130 Å². The number of rotatable bonds is 6. The third-order valence-corrected chi connectivity index (χ3v) is 4.01.